The molecule has 0 bridgehead atoms. The Kier molecular flexibility index (Phi) is 5.48. The molecule has 1 heterocycles. The Balaban J connectivity index is 2.46. The summed E-state index contributed by atoms with van der Waals surface area (Å²) >= 11 is 6.11. The van der Waals surface area contributed by atoms with Crippen molar-refractivity contribution < 1.29 is 4.74 Å². The van der Waals surface area contributed by atoms with Gasteiger partial charge in [-0.15, -0.1) is 11.6 Å². The molecule has 2 rings (SSSR count). The van der Waals surface area contributed by atoms with Crippen molar-refractivity contribution in [3.63, 3.8) is 0 Å². The molecule has 1 atom stereocenters. The van der Waals surface area contributed by atoms with Gasteiger partial charge in [-0.05, 0) is 32.1 Å². The first-order valence-electron chi connectivity index (χ1n) is 7.48. The van der Waals surface area contributed by atoms with E-state index < -0.39 is 0 Å². The zero-order chi connectivity index (χ0) is 15.4. The van der Waals surface area contributed by atoms with Gasteiger partial charge in [0.1, 0.15) is 17.1 Å². The minimum atomic E-state index is 0.316. The topological polar surface area (TPSA) is 30.3 Å². The second kappa shape index (κ2) is 7.14. The summed E-state index contributed by atoms with van der Waals surface area (Å²) in [5, 5.41) is 0. The normalized spacial score (nSPS) is 13.0. The molecular weight excluding hydrogens is 286 g/mol. The third-order valence-electron chi connectivity index (χ3n) is 3.95. The molecule has 0 saturated carbocycles. The number of fused-ring (bicyclic) bond motifs is 1. The molecule has 0 N–H and O–H groups in total. The van der Waals surface area contributed by atoms with Crippen LogP contribution in [0.5, 0.6) is 5.75 Å². The summed E-state index contributed by atoms with van der Waals surface area (Å²) in [6.45, 7) is 9.68. The summed E-state index contributed by atoms with van der Waals surface area (Å²) in [6, 6.07) is 6.34. The van der Waals surface area contributed by atoms with Crippen LogP contribution < -0.4 is 4.74 Å². The van der Waals surface area contributed by atoms with Crippen molar-refractivity contribution in [1.29, 1.82) is 0 Å². The maximum atomic E-state index is 6.11. The molecule has 0 radical (unpaired) electrons. The van der Waals surface area contributed by atoms with Gasteiger partial charge < -0.3 is 14.2 Å². The summed E-state index contributed by atoms with van der Waals surface area (Å²) in [5.74, 6) is 2.10. The van der Waals surface area contributed by atoms with E-state index >= 15 is 0 Å². The molecule has 2 aromatic rings. The summed E-state index contributed by atoms with van der Waals surface area (Å²) in [6.07, 6.45) is 0. The van der Waals surface area contributed by atoms with E-state index in [-0.39, 0.29) is 0 Å². The van der Waals surface area contributed by atoms with Gasteiger partial charge in [-0.3, -0.25) is 0 Å². The van der Waals surface area contributed by atoms with E-state index in [4.69, 9.17) is 16.3 Å². The lowest BCUT2D eigenvalue weighted by Crippen LogP contribution is -2.30. The highest BCUT2D eigenvalue weighted by molar-refractivity contribution is 6.16. The Hall–Kier alpha value is -1.26. The molecule has 0 amide bonds. The minimum Gasteiger partial charge on any atom is -0.494 e. The zero-order valence-electron chi connectivity index (χ0n) is 13.3. The molecule has 1 unspecified atom stereocenters. The Bertz CT molecular complexity index is 592. The summed E-state index contributed by atoms with van der Waals surface area (Å²) in [4.78, 5) is 7.08. The smallest absolute Gasteiger partial charge is 0.146 e. The predicted octanol–water partition coefficient (Wildman–Crippen LogP) is 3.69. The first kappa shape index (κ1) is 16.1. The van der Waals surface area contributed by atoms with Crippen LogP contribution in [0.25, 0.3) is 11.0 Å². The molecule has 4 nitrogen and oxygen atoms in total. The second-order valence-corrected chi connectivity index (χ2v) is 5.46. The molecule has 0 spiro atoms. The lowest BCUT2D eigenvalue weighted by atomic mass is 10.2. The molecular formula is C16H24ClN3O. The first-order chi connectivity index (χ1) is 10.2. The van der Waals surface area contributed by atoms with Gasteiger partial charge in [0.25, 0.3) is 0 Å². The van der Waals surface area contributed by atoms with Gasteiger partial charge >= 0.3 is 0 Å². The van der Waals surface area contributed by atoms with Gasteiger partial charge in [-0.1, -0.05) is 19.9 Å². The monoisotopic (exact) mass is 309 g/mol. The van der Waals surface area contributed by atoms with Gasteiger partial charge in [0.05, 0.1) is 18.5 Å². The number of alkyl halides is 1. The van der Waals surface area contributed by atoms with Crippen LogP contribution in [0, 0.1) is 0 Å². The van der Waals surface area contributed by atoms with Gasteiger partial charge in [0.2, 0.25) is 0 Å². The average Bonchev–Trinajstić information content (AvgIpc) is 2.90. The van der Waals surface area contributed by atoms with Gasteiger partial charge in [0, 0.05) is 12.6 Å². The van der Waals surface area contributed by atoms with Gasteiger partial charge in [-0.25, -0.2) is 4.98 Å². The molecule has 0 aliphatic carbocycles. The number of aromatic nitrogens is 2. The lowest BCUT2D eigenvalue weighted by molar-refractivity contribution is 0.261. The summed E-state index contributed by atoms with van der Waals surface area (Å²) in [7, 11) is 1.67. The average molecular weight is 310 g/mol. The number of halogens is 1. The van der Waals surface area contributed by atoms with E-state index in [1.165, 1.54) is 0 Å². The van der Waals surface area contributed by atoms with Crippen molar-refractivity contribution in [2.45, 2.75) is 32.7 Å². The van der Waals surface area contributed by atoms with E-state index in [1.807, 2.05) is 12.1 Å². The van der Waals surface area contributed by atoms with E-state index in [0.29, 0.717) is 11.9 Å². The number of ether oxygens (including phenoxy) is 1. The standard InChI is InChI=1S/C16H24ClN3O/c1-5-19(6-2)11-12(3)20-13-8-7-9-14(21-4)16(13)18-15(20)10-17/h7-9,12H,5-6,10-11H2,1-4H3. The highest BCUT2D eigenvalue weighted by atomic mass is 35.5. The molecule has 5 heteroatoms. The van der Waals surface area contributed by atoms with Crippen molar-refractivity contribution >= 4 is 22.6 Å². The number of hydrogen-bond acceptors (Lipinski definition) is 3. The maximum Gasteiger partial charge on any atom is 0.146 e. The SMILES string of the molecule is CCN(CC)CC(C)n1c(CCl)nc2c(OC)cccc21. The number of nitrogens with zero attached hydrogens (tertiary/aromatic N) is 3. The second-order valence-electron chi connectivity index (χ2n) is 5.19. The largest absolute Gasteiger partial charge is 0.494 e. The van der Waals surface area contributed by atoms with Crippen molar-refractivity contribution in [1.82, 2.24) is 14.5 Å². The minimum absolute atomic E-state index is 0.316. The highest BCUT2D eigenvalue weighted by Crippen LogP contribution is 2.29. The molecule has 0 aliphatic heterocycles. The maximum absolute atomic E-state index is 6.11. The Labute approximate surface area is 131 Å². The van der Waals surface area contributed by atoms with Crippen LogP contribution in [-0.4, -0.2) is 41.2 Å². The fraction of sp³-hybridized carbons (Fsp3) is 0.562. The van der Waals surface area contributed by atoms with Crippen LogP contribution >= 0.6 is 11.6 Å². The fourth-order valence-electron chi connectivity index (χ4n) is 2.83. The van der Waals surface area contributed by atoms with Crippen LogP contribution in [0.4, 0.5) is 0 Å². The van der Waals surface area contributed by atoms with Crippen molar-refractivity contribution in [3.8, 4) is 5.75 Å². The number of benzene rings is 1. The molecule has 0 fully saturated rings. The Morgan fingerprint density at radius 3 is 2.62 bits per heavy atom. The van der Waals surface area contributed by atoms with Crippen LogP contribution in [-0.2, 0) is 5.88 Å². The number of imidazole rings is 1. The number of rotatable bonds is 7. The van der Waals surface area contributed by atoms with E-state index in [2.05, 4.69) is 41.3 Å². The van der Waals surface area contributed by atoms with Crippen molar-refractivity contribution in [2.24, 2.45) is 0 Å². The third kappa shape index (κ3) is 3.16. The number of methoxy groups -OCH3 is 1. The van der Waals surface area contributed by atoms with Crippen LogP contribution in [0.2, 0.25) is 0 Å². The highest BCUT2D eigenvalue weighted by Gasteiger charge is 2.18. The molecule has 0 saturated heterocycles. The van der Waals surface area contributed by atoms with E-state index in [1.54, 1.807) is 7.11 Å². The number of likely N-dealkylation sites (N-methyl/N-ethyl adjacent to an activating group) is 1. The first-order valence-corrected chi connectivity index (χ1v) is 8.01. The number of hydrogen-bond donors (Lipinski definition) is 0. The molecule has 1 aromatic carbocycles. The molecule has 1 aromatic heterocycles. The molecule has 0 aliphatic rings. The summed E-state index contributed by atoms with van der Waals surface area (Å²) in [5.41, 5.74) is 1.98. The van der Waals surface area contributed by atoms with Gasteiger partial charge in [0.15, 0.2) is 0 Å². The van der Waals surface area contributed by atoms with E-state index in [0.717, 1.165) is 42.2 Å². The third-order valence-corrected chi connectivity index (χ3v) is 4.19. The predicted molar refractivity (Wildman–Crippen MR) is 88.3 cm³/mol. The number of para-hydroxylation sites is 1. The van der Waals surface area contributed by atoms with E-state index in [9.17, 15) is 0 Å². The van der Waals surface area contributed by atoms with Crippen molar-refractivity contribution in [2.75, 3.05) is 26.7 Å². The fourth-order valence-corrected chi connectivity index (χ4v) is 3.02. The molecule has 116 valence electrons. The van der Waals surface area contributed by atoms with Crippen LogP contribution in [0.15, 0.2) is 18.2 Å². The Morgan fingerprint density at radius 1 is 1.33 bits per heavy atom. The van der Waals surface area contributed by atoms with Crippen LogP contribution in [0.1, 0.15) is 32.6 Å². The Morgan fingerprint density at radius 2 is 2.05 bits per heavy atom. The molecule has 21 heavy (non-hydrogen) atoms. The summed E-state index contributed by atoms with van der Waals surface area (Å²) < 4.78 is 7.65. The van der Waals surface area contributed by atoms with Crippen LogP contribution in [0.3, 0.4) is 0 Å². The van der Waals surface area contributed by atoms with Gasteiger partial charge in [-0.2, -0.15) is 0 Å². The zero-order valence-corrected chi connectivity index (χ0v) is 14.0. The lowest BCUT2D eigenvalue weighted by Gasteiger charge is -2.25. The quantitative estimate of drug-likeness (QED) is 0.731. The van der Waals surface area contributed by atoms with Crippen molar-refractivity contribution in [3.05, 3.63) is 24.0 Å².